The van der Waals surface area contributed by atoms with Gasteiger partial charge in [0.1, 0.15) is 0 Å². The number of rotatable bonds is 6. The van der Waals surface area contributed by atoms with Crippen LogP contribution in [0.3, 0.4) is 0 Å². The van der Waals surface area contributed by atoms with E-state index in [1.807, 2.05) is 36.4 Å². The molecule has 0 saturated heterocycles. The number of nitrogens with one attached hydrogen (secondary N) is 1. The van der Waals surface area contributed by atoms with Crippen molar-refractivity contribution in [1.82, 2.24) is 5.32 Å². The number of hydrogen-bond acceptors (Lipinski definition) is 2. The highest BCUT2D eigenvalue weighted by Gasteiger charge is 2.20. The SMILES string of the molecule is O=C(CCOCc1ccccc1)N[C@H]1CCCc2ccccc21. The van der Waals surface area contributed by atoms with Crippen molar-refractivity contribution < 1.29 is 9.53 Å². The first-order valence-corrected chi connectivity index (χ1v) is 8.32. The fourth-order valence-corrected chi connectivity index (χ4v) is 3.10. The molecule has 0 spiro atoms. The van der Waals surface area contributed by atoms with Gasteiger partial charge in [-0.1, -0.05) is 54.6 Å². The van der Waals surface area contributed by atoms with E-state index >= 15 is 0 Å². The van der Waals surface area contributed by atoms with E-state index in [4.69, 9.17) is 4.74 Å². The Kier molecular flexibility index (Phi) is 5.43. The molecule has 1 aliphatic carbocycles. The molecule has 0 radical (unpaired) electrons. The molecule has 0 aromatic heterocycles. The van der Waals surface area contributed by atoms with E-state index in [1.165, 1.54) is 11.1 Å². The van der Waals surface area contributed by atoms with Gasteiger partial charge in [-0.3, -0.25) is 4.79 Å². The minimum absolute atomic E-state index is 0.0692. The number of fused-ring (bicyclic) bond motifs is 1. The van der Waals surface area contributed by atoms with Crippen LogP contribution in [0.4, 0.5) is 0 Å². The fourth-order valence-electron chi connectivity index (χ4n) is 3.10. The monoisotopic (exact) mass is 309 g/mol. The zero-order valence-electron chi connectivity index (χ0n) is 13.3. The highest BCUT2D eigenvalue weighted by Crippen LogP contribution is 2.29. The Balaban J connectivity index is 1.43. The molecule has 2 aromatic carbocycles. The molecule has 3 nitrogen and oxygen atoms in total. The predicted octanol–water partition coefficient (Wildman–Crippen LogP) is 3.79. The Bertz CT molecular complexity index is 639. The number of hydrogen-bond donors (Lipinski definition) is 1. The lowest BCUT2D eigenvalue weighted by atomic mass is 9.88. The molecular weight excluding hydrogens is 286 g/mol. The fraction of sp³-hybridized carbons (Fsp3) is 0.350. The molecule has 1 aliphatic rings. The van der Waals surface area contributed by atoms with Crippen molar-refractivity contribution in [2.45, 2.75) is 38.3 Å². The summed E-state index contributed by atoms with van der Waals surface area (Å²) in [4.78, 5) is 12.1. The van der Waals surface area contributed by atoms with Crippen LogP contribution in [0.5, 0.6) is 0 Å². The molecule has 1 amide bonds. The van der Waals surface area contributed by atoms with E-state index < -0.39 is 0 Å². The maximum absolute atomic E-state index is 12.1. The average Bonchev–Trinajstić information content (AvgIpc) is 2.60. The van der Waals surface area contributed by atoms with Crippen LogP contribution in [0.15, 0.2) is 54.6 Å². The minimum Gasteiger partial charge on any atom is -0.376 e. The summed E-state index contributed by atoms with van der Waals surface area (Å²) >= 11 is 0. The van der Waals surface area contributed by atoms with Gasteiger partial charge in [-0.15, -0.1) is 0 Å². The van der Waals surface area contributed by atoms with Gasteiger partial charge in [-0.2, -0.15) is 0 Å². The first-order chi connectivity index (χ1) is 11.3. The average molecular weight is 309 g/mol. The highest BCUT2D eigenvalue weighted by atomic mass is 16.5. The first kappa shape index (κ1) is 15.8. The van der Waals surface area contributed by atoms with Crippen molar-refractivity contribution in [3.8, 4) is 0 Å². The molecule has 0 bridgehead atoms. The minimum atomic E-state index is 0.0692. The molecule has 0 aliphatic heterocycles. The van der Waals surface area contributed by atoms with E-state index in [9.17, 15) is 4.79 Å². The van der Waals surface area contributed by atoms with Crippen molar-refractivity contribution >= 4 is 5.91 Å². The normalized spacial score (nSPS) is 16.6. The summed E-state index contributed by atoms with van der Waals surface area (Å²) in [6.07, 6.45) is 3.67. The third-order valence-electron chi connectivity index (χ3n) is 4.29. The quantitative estimate of drug-likeness (QED) is 0.825. The molecule has 23 heavy (non-hydrogen) atoms. The lowest BCUT2D eigenvalue weighted by molar-refractivity contribution is -0.123. The summed E-state index contributed by atoms with van der Waals surface area (Å²) in [7, 11) is 0. The van der Waals surface area contributed by atoms with Gasteiger partial charge in [0.15, 0.2) is 0 Å². The van der Waals surface area contributed by atoms with Gasteiger partial charge in [-0.05, 0) is 36.0 Å². The zero-order chi connectivity index (χ0) is 15.9. The van der Waals surface area contributed by atoms with Crippen LogP contribution in [0.25, 0.3) is 0 Å². The Morgan fingerprint density at radius 2 is 1.87 bits per heavy atom. The van der Waals surface area contributed by atoms with Crippen LogP contribution in [-0.2, 0) is 22.6 Å². The maximum Gasteiger partial charge on any atom is 0.222 e. The summed E-state index contributed by atoms with van der Waals surface area (Å²) in [5.41, 5.74) is 3.77. The lowest BCUT2D eigenvalue weighted by Crippen LogP contribution is -2.31. The Hall–Kier alpha value is -2.13. The molecule has 2 aromatic rings. The molecule has 1 atom stereocenters. The Labute approximate surface area is 137 Å². The molecule has 3 heteroatoms. The summed E-state index contributed by atoms with van der Waals surface area (Å²) in [5, 5.41) is 3.15. The Morgan fingerprint density at radius 3 is 2.74 bits per heavy atom. The summed E-state index contributed by atoms with van der Waals surface area (Å²) < 4.78 is 5.59. The van der Waals surface area contributed by atoms with Gasteiger partial charge in [0.25, 0.3) is 0 Å². The number of carbonyl (C=O) groups is 1. The van der Waals surface area contributed by atoms with E-state index in [0.717, 1.165) is 24.8 Å². The highest BCUT2D eigenvalue weighted by molar-refractivity contribution is 5.76. The number of benzene rings is 2. The molecule has 0 saturated carbocycles. The van der Waals surface area contributed by atoms with Gasteiger partial charge >= 0.3 is 0 Å². The Morgan fingerprint density at radius 1 is 1.09 bits per heavy atom. The van der Waals surface area contributed by atoms with Crippen molar-refractivity contribution in [3.05, 3.63) is 71.3 Å². The lowest BCUT2D eigenvalue weighted by Gasteiger charge is -2.26. The van der Waals surface area contributed by atoms with E-state index in [2.05, 4.69) is 23.5 Å². The van der Waals surface area contributed by atoms with E-state index in [0.29, 0.717) is 19.6 Å². The predicted molar refractivity (Wildman–Crippen MR) is 91.0 cm³/mol. The topological polar surface area (TPSA) is 38.3 Å². The van der Waals surface area contributed by atoms with E-state index in [-0.39, 0.29) is 11.9 Å². The standard InChI is InChI=1S/C20H23NO2/c22-20(13-14-23-15-16-7-2-1-3-8-16)21-19-12-6-10-17-9-4-5-11-18(17)19/h1-5,7-9,11,19H,6,10,12-15H2,(H,21,22)/t19-/m0/s1. The van der Waals surface area contributed by atoms with Crippen LogP contribution in [0.1, 0.15) is 42.0 Å². The molecule has 0 heterocycles. The second-order valence-electron chi connectivity index (χ2n) is 6.00. The zero-order valence-corrected chi connectivity index (χ0v) is 13.3. The van der Waals surface area contributed by atoms with Crippen molar-refractivity contribution in [1.29, 1.82) is 0 Å². The molecule has 0 fully saturated rings. The number of carbonyl (C=O) groups excluding carboxylic acids is 1. The van der Waals surface area contributed by atoms with Crippen LogP contribution in [0, 0.1) is 0 Å². The van der Waals surface area contributed by atoms with Gasteiger partial charge in [0.05, 0.1) is 19.3 Å². The van der Waals surface area contributed by atoms with Crippen molar-refractivity contribution in [2.75, 3.05) is 6.61 Å². The smallest absolute Gasteiger partial charge is 0.222 e. The van der Waals surface area contributed by atoms with Gasteiger partial charge in [0.2, 0.25) is 5.91 Å². The molecule has 3 rings (SSSR count). The van der Waals surface area contributed by atoms with Crippen LogP contribution in [-0.4, -0.2) is 12.5 Å². The van der Waals surface area contributed by atoms with E-state index in [1.54, 1.807) is 0 Å². The molecule has 120 valence electrons. The second-order valence-corrected chi connectivity index (χ2v) is 6.00. The van der Waals surface area contributed by atoms with Crippen molar-refractivity contribution in [3.63, 3.8) is 0 Å². The first-order valence-electron chi connectivity index (χ1n) is 8.32. The van der Waals surface area contributed by atoms with Crippen molar-refractivity contribution in [2.24, 2.45) is 0 Å². The molecular formula is C20H23NO2. The van der Waals surface area contributed by atoms with Gasteiger partial charge in [-0.25, -0.2) is 0 Å². The maximum atomic E-state index is 12.1. The van der Waals surface area contributed by atoms with Gasteiger partial charge in [0, 0.05) is 6.42 Å². The van der Waals surface area contributed by atoms with Crippen LogP contribution in [0.2, 0.25) is 0 Å². The number of amides is 1. The van der Waals surface area contributed by atoms with Gasteiger partial charge < -0.3 is 10.1 Å². The third-order valence-corrected chi connectivity index (χ3v) is 4.29. The second kappa shape index (κ2) is 7.93. The largest absolute Gasteiger partial charge is 0.376 e. The molecule has 0 unspecified atom stereocenters. The third kappa shape index (κ3) is 4.42. The molecule has 1 N–H and O–H groups in total. The number of aryl methyl sites for hydroxylation is 1. The summed E-state index contributed by atoms with van der Waals surface area (Å²) in [6.45, 7) is 1.01. The number of ether oxygens (including phenoxy) is 1. The summed E-state index contributed by atoms with van der Waals surface area (Å²) in [5.74, 6) is 0.0692. The summed E-state index contributed by atoms with van der Waals surface area (Å²) in [6, 6.07) is 18.6. The van der Waals surface area contributed by atoms with Crippen LogP contribution >= 0.6 is 0 Å². The van der Waals surface area contributed by atoms with Crippen LogP contribution < -0.4 is 5.32 Å².